The molecule has 2 aromatic heterocycles. The molecule has 0 fully saturated rings. The van der Waals surface area contributed by atoms with Gasteiger partial charge in [0.25, 0.3) is 0 Å². The lowest BCUT2D eigenvalue weighted by atomic mass is 10.1. The molecule has 0 atom stereocenters. The van der Waals surface area contributed by atoms with Gasteiger partial charge in [0, 0.05) is 33.1 Å². The number of nitrogens with one attached hydrogen (secondary N) is 2. The number of rotatable bonds is 7. The van der Waals surface area contributed by atoms with Crippen LogP contribution in [0.15, 0.2) is 52.1 Å². The minimum Gasteiger partial charge on any atom is -0.461 e. The van der Waals surface area contributed by atoms with Gasteiger partial charge in [-0.1, -0.05) is 24.3 Å². The van der Waals surface area contributed by atoms with Crippen molar-refractivity contribution in [2.24, 2.45) is 4.99 Å². The highest BCUT2D eigenvalue weighted by molar-refractivity contribution is 14.0. The molecule has 0 spiro atoms. The van der Waals surface area contributed by atoms with E-state index in [-0.39, 0.29) is 24.0 Å². The van der Waals surface area contributed by atoms with Crippen LogP contribution in [0.3, 0.4) is 0 Å². The van der Waals surface area contributed by atoms with Crippen molar-refractivity contribution in [3.05, 3.63) is 59.6 Å². The molecule has 0 aliphatic carbocycles. The van der Waals surface area contributed by atoms with E-state index in [4.69, 9.17) is 9.41 Å². The van der Waals surface area contributed by atoms with Crippen LogP contribution in [-0.2, 0) is 13.0 Å². The first-order valence-corrected chi connectivity index (χ1v) is 9.16. The largest absolute Gasteiger partial charge is 0.461 e. The molecule has 0 aliphatic rings. The van der Waals surface area contributed by atoms with Gasteiger partial charge in [-0.3, -0.25) is 10.1 Å². The van der Waals surface area contributed by atoms with Crippen LogP contribution in [-0.4, -0.2) is 46.2 Å². The van der Waals surface area contributed by atoms with Crippen LogP contribution >= 0.6 is 24.0 Å². The van der Waals surface area contributed by atoms with Gasteiger partial charge < -0.3 is 14.6 Å². The van der Waals surface area contributed by atoms with Crippen LogP contribution in [0.25, 0.3) is 11.6 Å². The Labute approximate surface area is 182 Å². The van der Waals surface area contributed by atoms with Crippen LogP contribution in [0.4, 0.5) is 0 Å². The average Bonchev–Trinajstić information content (AvgIpc) is 3.34. The summed E-state index contributed by atoms with van der Waals surface area (Å²) in [6.45, 7) is 6.45. The van der Waals surface area contributed by atoms with E-state index >= 15 is 0 Å². The lowest BCUT2D eigenvalue weighted by Crippen LogP contribution is -2.38. The molecular formula is C20H27IN6O. The molecule has 0 aliphatic heterocycles. The molecule has 0 radical (unpaired) electrons. The first-order valence-electron chi connectivity index (χ1n) is 9.16. The summed E-state index contributed by atoms with van der Waals surface area (Å²) >= 11 is 0. The predicted octanol–water partition coefficient (Wildman–Crippen LogP) is 3.63. The number of aliphatic imine (C=N–C) groups is 1. The smallest absolute Gasteiger partial charge is 0.216 e. The molecule has 0 amide bonds. The topological polar surface area (TPSA) is 82.3 Å². The number of hydrogen-bond donors (Lipinski definition) is 2. The van der Waals surface area contributed by atoms with Gasteiger partial charge in [0.2, 0.25) is 5.82 Å². The van der Waals surface area contributed by atoms with E-state index in [1.165, 1.54) is 11.1 Å². The second kappa shape index (κ2) is 10.8. The summed E-state index contributed by atoms with van der Waals surface area (Å²) in [6, 6.07) is 12.1. The van der Waals surface area contributed by atoms with Gasteiger partial charge in [-0.05, 0) is 37.1 Å². The number of furan rings is 1. The maximum absolute atomic E-state index is 5.32. The number of aryl methyl sites for hydroxylation is 1. The molecule has 150 valence electrons. The Morgan fingerprint density at radius 2 is 2.07 bits per heavy atom. The van der Waals surface area contributed by atoms with E-state index in [0.29, 0.717) is 24.6 Å². The number of aromatic nitrogens is 3. The molecule has 0 saturated heterocycles. The third-order valence-electron chi connectivity index (χ3n) is 4.25. The van der Waals surface area contributed by atoms with E-state index in [1.54, 1.807) is 6.26 Å². The quantitative estimate of drug-likeness (QED) is 0.298. The Hall–Kier alpha value is -2.36. The van der Waals surface area contributed by atoms with E-state index in [1.807, 2.05) is 12.1 Å². The molecule has 2 N–H and O–H groups in total. The van der Waals surface area contributed by atoms with Gasteiger partial charge >= 0.3 is 0 Å². The van der Waals surface area contributed by atoms with Gasteiger partial charge in [-0.15, -0.1) is 24.0 Å². The molecule has 2 heterocycles. The summed E-state index contributed by atoms with van der Waals surface area (Å²) in [5, 5.41) is 10.5. The van der Waals surface area contributed by atoms with Crippen molar-refractivity contribution in [2.75, 3.05) is 20.1 Å². The zero-order valence-electron chi connectivity index (χ0n) is 16.5. The Morgan fingerprint density at radius 1 is 1.25 bits per heavy atom. The van der Waals surface area contributed by atoms with Crippen LogP contribution in [0, 0.1) is 6.92 Å². The highest BCUT2D eigenvalue weighted by Gasteiger charge is 2.10. The van der Waals surface area contributed by atoms with Gasteiger partial charge in [0.1, 0.15) is 5.82 Å². The number of aromatic amines is 1. The molecule has 0 unspecified atom stereocenters. The summed E-state index contributed by atoms with van der Waals surface area (Å²) in [6.07, 6.45) is 2.30. The van der Waals surface area contributed by atoms with Crippen molar-refractivity contribution in [3.63, 3.8) is 0 Å². The Bertz CT molecular complexity index is 874. The van der Waals surface area contributed by atoms with Gasteiger partial charge in [0.05, 0.1) is 6.26 Å². The number of nitrogens with zero attached hydrogens (tertiary/aromatic N) is 4. The van der Waals surface area contributed by atoms with Gasteiger partial charge in [0.15, 0.2) is 11.7 Å². The SMILES string of the molecule is CCNC(=NCCc1nc(-c2ccco2)n[nH]1)N(C)Cc1ccccc1C.I. The predicted molar refractivity (Wildman–Crippen MR) is 122 cm³/mol. The van der Waals surface area contributed by atoms with E-state index in [2.05, 4.69) is 70.6 Å². The number of benzene rings is 1. The molecule has 7 nitrogen and oxygen atoms in total. The molecule has 3 aromatic rings. The van der Waals surface area contributed by atoms with E-state index < -0.39 is 0 Å². The first kappa shape index (κ1) is 21.9. The van der Waals surface area contributed by atoms with Crippen LogP contribution in [0.1, 0.15) is 23.9 Å². The maximum atomic E-state index is 5.32. The van der Waals surface area contributed by atoms with Gasteiger partial charge in [-0.2, -0.15) is 5.10 Å². The number of hydrogen-bond acceptors (Lipinski definition) is 4. The first-order chi connectivity index (χ1) is 13.2. The average molecular weight is 494 g/mol. The second-order valence-corrected chi connectivity index (χ2v) is 6.35. The fourth-order valence-electron chi connectivity index (χ4n) is 2.78. The number of halogens is 1. The minimum atomic E-state index is 0. The summed E-state index contributed by atoms with van der Waals surface area (Å²) in [7, 11) is 2.05. The van der Waals surface area contributed by atoms with Crippen molar-refractivity contribution in [2.45, 2.75) is 26.8 Å². The Balaban J connectivity index is 0.00000280. The Kier molecular flexibility index (Phi) is 8.49. The third-order valence-corrected chi connectivity index (χ3v) is 4.25. The van der Waals surface area contributed by atoms with Crippen molar-refractivity contribution in [1.82, 2.24) is 25.4 Å². The van der Waals surface area contributed by atoms with Crippen LogP contribution < -0.4 is 5.32 Å². The summed E-state index contributed by atoms with van der Waals surface area (Å²) in [4.78, 5) is 11.3. The van der Waals surface area contributed by atoms with Gasteiger partial charge in [-0.25, -0.2) is 4.98 Å². The fraction of sp³-hybridized carbons (Fsp3) is 0.350. The van der Waals surface area contributed by atoms with Crippen LogP contribution in [0.5, 0.6) is 0 Å². The maximum Gasteiger partial charge on any atom is 0.216 e. The lowest BCUT2D eigenvalue weighted by molar-refractivity contribution is 0.475. The summed E-state index contributed by atoms with van der Waals surface area (Å²) in [5.74, 6) is 2.91. The monoisotopic (exact) mass is 494 g/mol. The molecule has 0 saturated carbocycles. The van der Waals surface area contributed by atoms with E-state index in [9.17, 15) is 0 Å². The molecule has 0 bridgehead atoms. The molecule has 3 rings (SSSR count). The summed E-state index contributed by atoms with van der Waals surface area (Å²) < 4.78 is 5.32. The van der Waals surface area contributed by atoms with Crippen LogP contribution in [0.2, 0.25) is 0 Å². The number of H-pyrrole nitrogens is 1. The molecular weight excluding hydrogens is 467 g/mol. The highest BCUT2D eigenvalue weighted by atomic mass is 127. The molecule has 28 heavy (non-hydrogen) atoms. The fourth-order valence-corrected chi connectivity index (χ4v) is 2.78. The molecule has 8 heteroatoms. The van der Waals surface area contributed by atoms with Crippen molar-refractivity contribution in [3.8, 4) is 11.6 Å². The normalized spacial score (nSPS) is 11.2. The van der Waals surface area contributed by atoms with Crippen molar-refractivity contribution in [1.29, 1.82) is 0 Å². The second-order valence-electron chi connectivity index (χ2n) is 6.35. The minimum absolute atomic E-state index is 0. The van der Waals surface area contributed by atoms with E-state index in [0.717, 1.165) is 24.9 Å². The highest BCUT2D eigenvalue weighted by Crippen LogP contribution is 2.14. The summed E-state index contributed by atoms with van der Waals surface area (Å²) in [5.41, 5.74) is 2.58. The third kappa shape index (κ3) is 5.82. The van der Waals surface area contributed by atoms with Crippen molar-refractivity contribution < 1.29 is 4.42 Å². The zero-order valence-corrected chi connectivity index (χ0v) is 18.8. The lowest BCUT2D eigenvalue weighted by Gasteiger charge is -2.23. The number of guanidine groups is 1. The zero-order chi connectivity index (χ0) is 19.1. The van der Waals surface area contributed by atoms with Crippen molar-refractivity contribution >= 4 is 29.9 Å². The standard InChI is InChI=1S/C20H26N6O.HI/c1-4-21-20(26(3)14-16-9-6-5-8-15(16)2)22-12-11-18-23-19(25-24-18)17-10-7-13-27-17;/h5-10,13H,4,11-12,14H2,1-3H3,(H,21,22)(H,23,24,25);1H. The molecule has 1 aromatic carbocycles. The Morgan fingerprint density at radius 3 is 2.79 bits per heavy atom.